The molecule has 0 aliphatic carbocycles. The number of hydrogen-bond donors (Lipinski definition) is 0. The number of halogens is 4. The molecule has 0 saturated heterocycles. The number of aldehydes is 1. The average molecular weight is 269 g/mol. The zero-order valence-electron chi connectivity index (χ0n) is 9.41. The van der Waals surface area contributed by atoms with Crippen molar-refractivity contribution in [1.29, 1.82) is 0 Å². The number of carbonyl (C=O) groups excluding carboxylic acids is 1. The number of rotatable bonds is 2. The molecule has 0 amide bonds. The van der Waals surface area contributed by atoms with Crippen LogP contribution in [0.4, 0.5) is 17.6 Å². The van der Waals surface area contributed by atoms with E-state index < -0.39 is 17.6 Å². The molecule has 2 rings (SSSR count). The van der Waals surface area contributed by atoms with Crippen LogP contribution < -0.4 is 0 Å². The van der Waals surface area contributed by atoms with Gasteiger partial charge in [-0.3, -0.25) is 4.79 Å². The highest BCUT2D eigenvalue weighted by atomic mass is 19.4. The van der Waals surface area contributed by atoms with Gasteiger partial charge in [-0.25, -0.2) is 9.37 Å². The van der Waals surface area contributed by atoms with Gasteiger partial charge in [0.25, 0.3) is 0 Å². The standard InChI is InChI=1S/C13H7F4NO/c14-11-5-9(6-18-12(11)7-19)8-1-3-10(4-2-8)13(15,16)17/h1-7H. The van der Waals surface area contributed by atoms with E-state index >= 15 is 0 Å². The minimum Gasteiger partial charge on any atom is -0.296 e. The van der Waals surface area contributed by atoms with E-state index in [-0.39, 0.29) is 12.0 Å². The Bertz CT molecular complexity index is 605. The van der Waals surface area contributed by atoms with Gasteiger partial charge in [0, 0.05) is 11.8 Å². The van der Waals surface area contributed by atoms with E-state index in [2.05, 4.69) is 4.98 Å². The molecular formula is C13H7F4NO. The number of alkyl halides is 3. The fraction of sp³-hybridized carbons (Fsp3) is 0.0769. The van der Waals surface area contributed by atoms with Crippen molar-refractivity contribution < 1.29 is 22.4 Å². The van der Waals surface area contributed by atoms with E-state index in [1.54, 1.807) is 0 Å². The Morgan fingerprint density at radius 3 is 2.16 bits per heavy atom. The van der Waals surface area contributed by atoms with Gasteiger partial charge in [-0.15, -0.1) is 0 Å². The summed E-state index contributed by atoms with van der Waals surface area (Å²) >= 11 is 0. The maximum absolute atomic E-state index is 13.3. The van der Waals surface area contributed by atoms with Crippen molar-refractivity contribution in [1.82, 2.24) is 4.98 Å². The summed E-state index contributed by atoms with van der Waals surface area (Å²) < 4.78 is 50.5. The van der Waals surface area contributed by atoms with E-state index in [0.29, 0.717) is 11.1 Å². The first-order valence-electron chi connectivity index (χ1n) is 5.20. The first-order chi connectivity index (χ1) is 8.91. The molecule has 0 saturated carbocycles. The number of aromatic nitrogens is 1. The molecule has 1 aromatic heterocycles. The Morgan fingerprint density at radius 1 is 1.05 bits per heavy atom. The van der Waals surface area contributed by atoms with Crippen molar-refractivity contribution in [2.24, 2.45) is 0 Å². The molecule has 0 spiro atoms. The molecule has 0 radical (unpaired) electrons. The molecule has 1 heterocycles. The summed E-state index contributed by atoms with van der Waals surface area (Å²) in [6.07, 6.45) is -2.91. The minimum absolute atomic E-state index is 0.270. The van der Waals surface area contributed by atoms with Gasteiger partial charge in [0.05, 0.1) is 5.56 Å². The summed E-state index contributed by atoms with van der Waals surface area (Å²) in [5.41, 5.74) is -0.432. The lowest BCUT2D eigenvalue weighted by Gasteiger charge is -2.07. The summed E-state index contributed by atoms with van der Waals surface area (Å²) in [6, 6.07) is 5.31. The van der Waals surface area contributed by atoms with Crippen LogP contribution in [-0.4, -0.2) is 11.3 Å². The average Bonchev–Trinajstić information content (AvgIpc) is 2.38. The second-order valence-electron chi connectivity index (χ2n) is 3.78. The molecule has 98 valence electrons. The van der Waals surface area contributed by atoms with E-state index in [9.17, 15) is 22.4 Å². The highest BCUT2D eigenvalue weighted by molar-refractivity contribution is 5.74. The quantitative estimate of drug-likeness (QED) is 0.614. The molecule has 0 aliphatic rings. The second-order valence-corrected chi connectivity index (χ2v) is 3.78. The fourth-order valence-corrected chi connectivity index (χ4v) is 1.54. The summed E-state index contributed by atoms with van der Waals surface area (Å²) in [5, 5.41) is 0. The molecule has 0 atom stereocenters. The summed E-state index contributed by atoms with van der Waals surface area (Å²) in [7, 11) is 0. The Hall–Kier alpha value is -2.24. The van der Waals surface area contributed by atoms with Gasteiger partial charge >= 0.3 is 6.18 Å². The van der Waals surface area contributed by atoms with Gasteiger partial charge in [0.2, 0.25) is 0 Å². The molecule has 1 aromatic carbocycles. The Balaban J connectivity index is 2.37. The minimum atomic E-state index is -4.41. The fourth-order valence-electron chi connectivity index (χ4n) is 1.54. The van der Waals surface area contributed by atoms with Crippen molar-refractivity contribution in [3.63, 3.8) is 0 Å². The van der Waals surface area contributed by atoms with Crippen LogP contribution in [0.2, 0.25) is 0 Å². The molecule has 0 aliphatic heterocycles. The van der Waals surface area contributed by atoms with E-state index in [1.165, 1.54) is 18.3 Å². The smallest absolute Gasteiger partial charge is 0.296 e. The zero-order chi connectivity index (χ0) is 14.0. The van der Waals surface area contributed by atoms with E-state index in [4.69, 9.17) is 0 Å². The lowest BCUT2D eigenvalue weighted by atomic mass is 10.1. The third-order valence-electron chi connectivity index (χ3n) is 2.53. The number of hydrogen-bond acceptors (Lipinski definition) is 2. The number of carbonyl (C=O) groups is 1. The predicted octanol–water partition coefficient (Wildman–Crippen LogP) is 3.72. The van der Waals surface area contributed by atoms with Gasteiger partial charge in [-0.1, -0.05) is 12.1 Å². The largest absolute Gasteiger partial charge is 0.416 e. The SMILES string of the molecule is O=Cc1ncc(-c2ccc(C(F)(F)F)cc2)cc1F. The lowest BCUT2D eigenvalue weighted by molar-refractivity contribution is -0.137. The molecule has 0 bridgehead atoms. The van der Waals surface area contributed by atoms with Gasteiger partial charge in [-0.2, -0.15) is 13.2 Å². The Kier molecular flexibility index (Phi) is 3.33. The van der Waals surface area contributed by atoms with Gasteiger partial charge < -0.3 is 0 Å². The predicted molar refractivity (Wildman–Crippen MR) is 60.0 cm³/mol. The van der Waals surface area contributed by atoms with Gasteiger partial charge in [0.1, 0.15) is 5.69 Å². The molecule has 6 heteroatoms. The van der Waals surface area contributed by atoms with E-state index in [0.717, 1.165) is 18.2 Å². The topological polar surface area (TPSA) is 30.0 Å². The van der Waals surface area contributed by atoms with Gasteiger partial charge in [0.15, 0.2) is 12.1 Å². The summed E-state index contributed by atoms with van der Waals surface area (Å²) in [4.78, 5) is 14.0. The number of pyridine rings is 1. The molecule has 0 N–H and O–H groups in total. The van der Waals surface area contributed by atoms with Crippen molar-refractivity contribution >= 4 is 6.29 Å². The summed E-state index contributed by atoms with van der Waals surface area (Å²) in [5.74, 6) is -0.813. The molecule has 2 aromatic rings. The van der Waals surface area contributed by atoms with Crippen LogP contribution in [0.15, 0.2) is 36.5 Å². The monoisotopic (exact) mass is 269 g/mol. The summed E-state index contributed by atoms with van der Waals surface area (Å²) in [6.45, 7) is 0. The molecule has 2 nitrogen and oxygen atoms in total. The first-order valence-corrected chi connectivity index (χ1v) is 5.20. The Labute approximate surface area is 105 Å². The number of nitrogens with zero attached hydrogens (tertiary/aromatic N) is 1. The molecule has 19 heavy (non-hydrogen) atoms. The highest BCUT2D eigenvalue weighted by Crippen LogP contribution is 2.30. The molecule has 0 fully saturated rings. The second kappa shape index (κ2) is 4.79. The van der Waals surface area contributed by atoms with Crippen LogP contribution in [0.25, 0.3) is 11.1 Å². The Morgan fingerprint density at radius 2 is 1.68 bits per heavy atom. The van der Waals surface area contributed by atoms with Crippen LogP contribution in [-0.2, 0) is 6.18 Å². The highest BCUT2D eigenvalue weighted by Gasteiger charge is 2.29. The van der Waals surface area contributed by atoms with Crippen molar-refractivity contribution in [2.75, 3.05) is 0 Å². The van der Waals surface area contributed by atoms with Crippen molar-refractivity contribution in [2.45, 2.75) is 6.18 Å². The molecular weight excluding hydrogens is 262 g/mol. The zero-order valence-corrected chi connectivity index (χ0v) is 9.41. The normalized spacial score (nSPS) is 11.4. The first kappa shape index (κ1) is 13.2. The lowest BCUT2D eigenvalue weighted by Crippen LogP contribution is -2.04. The van der Waals surface area contributed by atoms with Crippen molar-refractivity contribution in [3.8, 4) is 11.1 Å². The van der Waals surface area contributed by atoms with Crippen LogP contribution in [0.1, 0.15) is 16.1 Å². The maximum Gasteiger partial charge on any atom is 0.416 e. The van der Waals surface area contributed by atoms with Crippen LogP contribution in [0.5, 0.6) is 0 Å². The molecule has 0 unspecified atom stereocenters. The van der Waals surface area contributed by atoms with Crippen LogP contribution >= 0.6 is 0 Å². The van der Waals surface area contributed by atoms with E-state index in [1.807, 2.05) is 0 Å². The van der Waals surface area contributed by atoms with Crippen LogP contribution in [0.3, 0.4) is 0 Å². The maximum atomic E-state index is 13.3. The van der Waals surface area contributed by atoms with Gasteiger partial charge in [-0.05, 0) is 23.8 Å². The third-order valence-corrected chi connectivity index (χ3v) is 2.53. The third kappa shape index (κ3) is 2.78. The van der Waals surface area contributed by atoms with Crippen LogP contribution in [0, 0.1) is 5.82 Å². The number of benzene rings is 1. The van der Waals surface area contributed by atoms with Crippen molar-refractivity contribution in [3.05, 3.63) is 53.6 Å².